The molecule has 2 heterocycles. The minimum Gasteiger partial charge on any atom is -0.506 e. The van der Waals surface area contributed by atoms with Crippen molar-refractivity contribution in [3.63, 3.8) is 0 Å². The van der Waals surface area contributed by atoms with Crippen molar-refractivity contribution >= 4 is 0 Å². The smallest absolute Gasteiger partial charge is 0.217 e. The van der Waals surface area contributed by atoms with Gasteiger partial charge in [0.2, 0.25) is 11.8 Å². The third-order valence-electron chi connectivity index (χ3n) is 4.11. The van der Waals surface area contributed by atoms with E-state index in [0.717, 1.165) is 11.1 Å². The topological polar surface area (TPSA) is 84.7 Å². The van der Waals surface area contributed by atoms with Crippen LogP contribution in [0.3, 0.4) is 0 Å². The second-order valence-electron chi connectivity index (χ2n) is 8.29. The van der Waals surface area contributed by atoms with E-state index in [2.05, 4.69) is 9.97 Å². The van der Waals surface area contributed by atoms with Gasteiger partial charge in [-0.05, 0) is 16.9 Å². The van der Waals surface area contributed by atoms with Crippen LogP contribution in [-0.2, 0) is 10.8 Å². The summed E-state index contributed by atoms with van der Waals surface area (Å²) in [7, 11) is 3.03. The molecular weight excluding hydrogens is 332 g/mol. The molecule has 0 bridgehead atoms. The first-order valence-corrected chi connectivity index (χ1v) is 8.48. The Hall–Kier alpha value is -2.50. The third-order valence-corrected chi connectivity index (χ3v) is 4.11. The SMILES string of the molecule is COc1ccc(O)c(-c2nc(OC)c(C(C)(C)C)c(C(C)(C)C)c2O)n1. The van der Waals surface area contributed by atoms with Crippen molar-refractivity contribution in [1.82, 2.24) is 9.97 Å². The summed E-state index contributed by atoms with van der Waals surface area (Å²) in [6.45, 7) is 12.2. The van der Waals surface area contributed by atoms with Crippen molar-refractivity contribution in [2.75, 3.05) is 14.2 Å². The molecular formula is C20H28N2O4. The number of nitrogens with zero attached hydrogens (tertiary/aromatic N) is 2. The zero-order valence-corrected chi connectivity index (χ0v) is 16.8. The summed E-state index contributed by atoms with van der Waals surface area (Å²) in [5, 5.41) is 21.4. The van der Waals surface area contributed by atoms with Crippen molar-refractivity contribution in [3.8, 4) is 34.6 Å². The van der Waals surface area contributed by atoms with Crippen LogP contribution in [0.1, 0.15) is 52.7 Å². The molecule has 0 fully saturated rings. The molecule has 2 rings (SSSR count). The van der Waals surface area contributed by atoms with E-state index in [1.165, 1.54) is 13.2 Å². The molecule has 6 heteroatoms. The van der Waals surface area contributed by atoms with Crippen molar-refractivity contribution in [2.24, 2.45) is 0 Å². The quantitative estimate of drug-likeness (QED) is 0.855. The monoisotopic (exact) mass is 360 g/mol. The van der Waals surface area contributed by atoms with E-state index in [0.29, 0.717) is 11.8 Å². The number of aromatic nitrogens is 2. The van der Waals surface area contributed by atoms with Gasteiger partial charge in [-0.1, -0.05) is 41.5 Å². The van der Waals surface area contributed by atoms with Crippen LogP contribution < -0.4 is 9.47 Å². The van der Waals surface area contributed by atoms with Crippen LogP contribution in [0.5, 0.6) is 23.3 Å². The van der Waals surface area contributed by atoms with E-state index >= 15 is 0 Å². The van der Waals surface area contributed by atoms with Crippen molar-refractivity contribution < 1.29 is 19.7 Å². The van der Waals surface area contributed by atoms with Gasteiger partial charge in [-0.15, -0.1) is 0 Å². The number of pyridine rings is 2. The molecule has 0 saturated heterocycles. The molecule has 0 radical (unpaired) electrons. The molecule has 0 amide bonds. The van der Waals surface area contributed by atoms with E-state index in [4.69, 9.17) is 9.47 Å². The predicted octanol–water partition coefficient (Wildman–Crippen LogP) is 4.17. The zero-order chi connectivity index (χ0) is 19.9. The second-order valence-corrected chi connectivity index (χ2v) is 8.29. The molecule has 0 saturated carbocycles. The summed E-state index contributed by atoms with van der Waals surface area (Å²) in [5.41, 5.74) is 1.17. The lowest BCUT2D eigenvalue weighted by atomic mass is 9.75. The average Bonchev–Trinajstić information content (AvgIpc) is 2.53. The Balaban J connectivity index is 2.95. The van der Waals surface area contributed by atoms with Gasteiger partial charge in [-0.3, -0.25) is 0 Å². The van der Waals surface area contributed by atoms with Crippen molar-refractivity contribution in [2.45, 2.75) is 52.4 Å². The Morgan fingerprint density at radius 3 is 1.81 bits per heavy atom. The molecule has 0 aliphatic heterocycles. The normalized spacial score (nSPS) is 12.2. The highest BCUT2D eigenvalue weighted by Crippen LogP contribution is 2.48. The summed E-state index contributed by atoms with van der Waals surface area (Å²) >= 11 is 0. The number of hydrogen-bond donors (Lipinski definition) is 2. The van der Waals surface area contributed by atoms with Crippen LogP contribution in [0.2, 0.25) is 0 Å². The largest absolute Gasteiger partial charge is 0.506 e. The Kier molecular flexibility index (Phi) is 5.08. The summed E-state index contributed by atoms with van der Waals surface area (Å²) < 4.78 is 10.7. The van der Waals surface area contributed by atoms with Gasteiger partial charge in [0, 0.05) is 17.2 Å². The maximum atomic E-state index is 11.1. The highest BCUT2D eigenvalue weighted by Gasteiger charge is 2.35. The number of ether oxygens (including phenoxy) is 2. The number of methoxy groups -OCH3 is 2. The Morgan fingerprint density at radius 2 is 1.35 bits per heavy atom. The first kappa shape index (κ1) is 19.8. The Bertz CT molecular complexity index is 818. The van der Waals surface area contributed by atoms with Gasteiger partial charge in [-0.2, -0.15) is 0 Å². The maximum Gasteiger partial charge on any atom is 0.217 e. The van der Waals surface area contributed by atoms with Crippen LogP contribution in [0, 0.1) is 0 Å². The van der Waals surface area contributed by atoms with E-state index in [-0.39, 0.29) is 33.7 Å². The highest BCUT2D eigenvalue weighted by atomic mass is 16.5. The average molecular weight is 360 g/mol. The van der Waals surface area contributed by atoms with Crippen LogP contribution in [-0.4, -0.2) is 34.4 Å². The van der Waals surface area contributed by atoms with E-state index in [1.54, 1.807) is 13.2 Å². The summed E-state index contributed by atoms with van der Waals surface area (Å²) in [4.78, 5) is 8.75. The fraction of sp³-hybridized carbons (Fsp3) is 0.500. The molecule has 142 valence electrons. The lowest BCUT2D eigenvalue weighted by molar-refractivity contribution is 0.366. The van der Waals surface area contributed by atoms with Gasteiger partial charge in [0.1, 0.15) is 22.9 Å². The highest BCUT2D eigenvalue weighted by molar-refractivity contribution is 5.73. The summed E-state index contributed by atoms with van der Waals surface area (Å²) in [5.74, 6) is 0.604. The summed E-state index contributed by atoms with van der Waals surface area (Å²) in [6, 6.07) is 3.00. The minimum absolute atomic E-state index is 0.0146. The molecule has 26 heavy (non-hydrogen) atoms. The first-order chi connectivity index (χ1) is 11.9. The van der Waals surface area contributed by atoms with E-state index < -0.39 is 0 Å². The molecule has 2 aromatic heterocycles. The Labute approximate surface area is 154 Å². The Morgan fingerprint density at radius 1 is 0.769 bits per heavy atom. The van der Waals surface area contributed by atoms with E-state index in [9.17, 15) is 10.2 Å². The van der Waals surface area contributed by atoms with Gasteiger partial charge >= 0.3 is 0 Å². The zero-order valence-electron chi connectivity index (χ0n) is 16.8. The molecule has 2 N–H and O–H groups in total. The standard InChI is InChI=1S/C20H28N2O4/c1-19(2,3)13-14(20(4,5)6)18(26-8)22-16(17(13)24)15-11(23)9-10-12(21-15)25-7/h9-10,23-24H,1-8H3. The molecule has 0 aliphatic carbocycles. The van der Waals surface area contributed by atoms with Gasteiger partial charge in [0.25, 0.3) is 0 Å². The number of hydrogen-bond acceptors (Lipinski definition) is 6. The molecule has 0 unspecified atom stereocenters. The maximum absolute atomic E-state index is 11.1. The van der Waals surface area contributed by atoms with Crippen LogP contribution in [0.15, 0.2) is 12.1 Å². The van der Waals surface area contributed by atoms with Gasteiger partial charge in [0.05, 0.1) is 14.2 Å². The molecule has 2 aromatic rings. The molecule has 0 aromatic carbocycles. The number of aromatic hydroxyl groups is 2. The van der Waals surface area contributed by atoms with Gasteiger partial charge in [-0.25, -0.2) is 9.97 Å². The number of rotatable bonds is 3. The van der Waals surface area contributed by atoms with Crippen molar-refractivity contribution in [1.29, 1.82) is 0 Å². The second kappa shape index (κ2) is 6.67. The molecule has 0 spiro atoms. The fourth-order valence-electron chi connectivity index (χ4n) is 3.01. The van der Waals surface area contributed by atoms with E-state index in [1.807, 2.05) is 41.5 Å². The molecule has 0 atom stereocenters. The minimum atomic E-state index is -0.383. The lowest BCUT2D eigenvalue weighted by Gasteiger charge is -2.32. The molecule has 0 aliphatic rings. The van der Waals surface area contributed by atoms with Crippen molar-refractivity contribution in [3.05, 3.63) is 23.3 Å². The first-order valence-electron chi connectivity index (χ1n) is 8.48. The van der Waals surface area contributed by atoms with Crippen LogP contribution >= 0.6 is 0 Å². The van der Waals surface area contributed by atoms with Crippen LogP contribution in [0.25, 0.3) is 11.4 Å². The molecule has 6 nitrogen and oxygen atoms in total. The summed E-state index contributed by atoms with van der Waals surface area (Å²) in [6.07, 6.45) is 0. The lowest BCUT2D eigenvalue weighted by Crippen LogP contribution is -2.24. The van der Waals surface area contributed by atoms with Gasteiger partial charge < -0.3 is 19.7 Å². The third kappa shape index (κ3) is 3.54. The predicted molar refractivity (Wildman–Crippen MR) is 101 cm³/mol. The van der Waals surface area contributed by atoms with Gasteiger partial charge in [0.15, 0.2) is 0 Å². The fourth-order valence-corrected chi connectivity index (χ4v) is 3.01. The van der Waals surface area contributed by atoms with Crippen LogP contribution in [0.4, 0.5) is 0 Å².